The fourth-order valence-electron chi connectivity index (χ4n) is 1.63. The Morgan fingerprint density at radius 1 is 1.28 bits per heavy atom. The third kappa shape index (κ3) is 2.74. The first-order valence-electron chi connectivity index (χ1n) is 5.48. The normalized spacial score (nSPS) is 9.78. The van der Waals surface area contributed by atoms with Crippen LogP contribution in [0.4, 0.5) is 11.6 Å². The molecule has 0 saturated carbocycles. The van der Waals surface area contributed by atoms with Crippen LogP contribution in [0.3, 0.4) is 0 Å². The van der Waals surface area contributed by atoms with Gasteiger partial charge in [0.1, 0.15) is 5.82 Å². The summed E-state index contributed by atoms with van der Waals surface area (Å²) in [5, 5.41) is 16.7. The lowest BCUT2D eigenvalue weighted by Gasteiger charge is -2.17. The molecule has 1 aromatic heterocycles. The number of hydrogen-bond acceptors (Lipinski definition) is 5. The van der Waals surface area contributed by atoms with E-state index in [4.69, 9.17) is 11.0 Å². The number of anilines is 2. The SMILES string of the molecule is CN(Cc1cccc(C#N)c1)c1ccc(N)nn1. The lowest BCUT2D eigenvalue weighted by Crippen LogP contribution is -2.18. The van der Waals surface area contributed by atoms with Crippen molar-refractivity contribution in [2.45, 2.75) is 6.54 Å². The van der Waals surface area contributed by atoms with Gasteiger partial charge in [-0.3, -0.25) is 0 Å². The van der Waals surface area contributed by atoms with Crippen molar-refractivity contribution in [3.63, 3.8) is 0 Å². The minimum absolute atomic E-state index is 0.402. The summed E-state index contributed by atoms with van der Waals surface area (Å²) in [6.07, 6.45) is 0. The van der Waals surface area contributed by atoms with Gasteiger partial charge in [-0.2, -0.15) is 5.26 Å². The predicted octanol–water partition coefficient (Wildman–Crippen LogP) is 1.57. The molecule has 0 aliphatic heterocycles. The summed E-state index contributed by atoms with van der Waals surface area (Å²) in [7, 11) is 1.92. The Bertz CT molecular complexity index is 571. The van der Waals surface area contributed by atoms with Crippen LogP contribution in [-0.2, 0) is 6.54 Å². The number of nitrogens with zero attached hydrogens (tertiary/aromatic N) is 4. The Balaban J connectivity index is 2.13. The summed E-state index contributed by atoms with van der Waals surface area (Å²) < 4.78 is 0. The van der Waals surface area contributed by atoms with Crippen LogP contribution in [0.1, 0.15) is 11.1 Å². The van der Waals surface area contributed by atoms with E-state index in [1.165, 1.54) is 0 Å². The van der Waals surface area contributed by atoms with Crippen molar-refractivity contribution in [1.82, 2.24) is 10.2 Å². The maximum atomic E-state index is 8.84. The van der Waals surface area contributed by atoms with Gasteiger partial charge in [0.2, 0.25) is 0 Å². The molecule has 0 amide bonds. The lowest BCUT2D eigenvalue weighted by molar-refractivity contribution is 0.869. The van der Waals surface area contributed by atoms with Crippen LogP contribution in [0.15, 0.2) is 36.4 Å². The number of aromatic nitrogens is 2. The van der Waals surface area contributed by atoms with Crippen LogP contribution >= 0.6 is 0 Å². The highest BCUT2D eigenvalue weighted by Gasteiger charge is 2.04. The van der Waals surface area contributed by atoms with Gasteiger partial charge in [-0.15, -0.1) is 10.2 Å². The summed E-state index contributed by atoms with van der Waals surface area (Å²) in [6, 6.07) is 13.1. The van der Waals surface area contributed by atoms with Crippen molar-refractivity contribution in [2.75, 3.05) is 17.7 Å². The molecule has 0 fully saturated rings. The van der Waals surface area contributed by atoms with Crippen molar-refractivity contribution in [2.24, 2.45) is 0 Å². The number of rotatable bonds is 3. The molecule has 1 aromatic carbocycles. The van der Waals surface area contributed by atoms with E-state index in [9.17, 15) is 0 Å². The molecule has 1 heterocycles. The smallest absolute Gasteiger partial charge is 0.151 e. The summed E-state index contributed by atoms with van der Waals surface area (Å²) >= 11 is 0. The van der Waals surface area contributed by atoms with Crippen LogP contribution in [0.25, 0.3) is 0 Å². The van der Waals surface area contributed by atoms with Crippen molar-refractivity contribution >= 4 is 11.6 Å². The van der Waals surface area contributed by atoms with Gasteiger partial charge >= 0.3 is 0 Å². The molecular weight excluding hydrogens is 226 g/mol. The van der Waals surface area contributed by atoms with Gasteiger partial charge in [0.25, 0.3) is 0 Å². The standard InChI is InChI=1S/C13H13N5/c1-18(13-6-5-12(15)16-17-13)9-11-4-2-3-10(7-11)8-14/h2-7H,9H2,1H3,(H2,15,16). The van der Waals surface area contributed by atoms with Gasteiger partial charge in [0.05, 0.1) is 11.6 Å². The topological polar surface area (TPSA) is 78.8 Å². The second-order valence-electron chi connectivity index (χ2n) is 3.98. The van der Waals surface area contributed by atoms with Gasteiger partial charge in [0.15, 0.2) is 5.82 Å². The quantitative estimate of drug-likeness (QED) is 0.879. The van der Waals surface area contributed by atoms with Crippen LogP contribution in [-0.4, -0.2) is 17.2 Å². The number of nitrogens with two attached hydrogens (primary N) is 1. The zero-order valence-electron chi connectivity index (χ0n) is 10.0. The Morgan fingerprint density at radius 2 is 2.11 bits per heavy atom. The van der Waals surface area contributed by atoms with E-state index in [1.807, 2.05) is 36.2 Å². The first kappa shape index (κ1) is 11.9. The Morgan fingerprint density at radius 3 is 2.78 bits per heavy atom. The molecule has 0 bridgehead atoms. The molecule has 0 atom stereocenters. The molecule has 90 valence electrons. The zero-order chi connectivity index (χ0) is 13.0. The molecule has 0 radical (unpaired) electrons. The van der Waals surface area contributed by atoms with Crippen LogP contribution < -0.4 is 10.6 Å². The highest BCUT2D eigenvalue weighted by atomic mass is 15.3. The fourth-order valence-corrected chi connectivity index (χ4v) is 1.63. The molecular formula is C13H13N5. The summed E-state index contributed by atoms with van der Waals surface area (Å²) in [5.41, 5.74) is 7.20. The highest BCUT2D eigenvalue weighted by Crippen LogP contribution is 2.13. The Hall–Kier alpha value is -2.61. The van der Waals surface area contributed by atoms with Crippen molar-refractivity contribution < 1.29 is 0 Å². The van der Waals surface area contributed by atoms with Gasteiger partial charge in [-0.25, -0.2) is 0 Å². The van der Waals surface area contributed by atoms with Gasteiger partial charge in [-0.1, -0.05) is 12.1 Å². The number of benzene rings is 1. The number of nitriles is 1. The first-order chi connectivity index (χ1) is 8.69. The van der Waals surface area contributed by atoms with Gasteiger partial charge in [0, 0.05) is 13.6 Å². The van der Waals surface area contributed by atoms with E-state index in [1.54, 1.807) is 12.1 Å². The third-order valence-corrected chi connectivity index (χ3v) is 2.54. The summed E-state index contributed by atoms with van der Waals surface area (Å²) in [6.45, 7) is 0.661. The summed E-state index contributed by atoms with van der Waals surface area (Å²) in [4.78, 5) is 1.95. The molecule has 5 heteroatoms. The lowest BCUT2D eigenvalue weighted by atomic mass is 10.1. The molecule has 5 nitrogen and oxygen atoms in total. The van der Waals surface area contributed by atoms with E-state index in [0.29, 0.717) is 17.9 Å². The molecule has 0 aliphatic rings. The van der Waals surface area contributed by atoms with Gasteiger partial charge in [-0.05, 0) is 29.8 Å². The summed E-state index contributed by atoms with van der Waals surface area (Å²) in [5.74, 6) is 1.14. The molecule has 0 aliphatic carbocycles. The highest BCUT2D eigenvalue weighted by molar-refractivity contribution is 5.42. The number of nitrogen functional groups attached to an aromatic ring is 1. The van der Waals surface area contributed by atoms with Crippen molar-refractivity contribution in [3.05, 3.63) is 47.5 Å². The van der Waals surface area contributed by atoms with E-state index >= 15 is 0 Å². The minimum atomic E-state index is 0.402. The third-order valence-electron chi connectivity index (χ3n) is 2.54. The largest absolute Gasteiger partial charge is 0.382 e. The van der Waals surface area contributed by atoms with Crippen molar-refractivity contribution in [1.29, 1.82) is 5.26 Å². The molecule has 2 rings (SSSR count). The molecule has 2 aromatic rings. The minimum Gasteiger partial charge on any atom is -0.382 e. The predicted molar refractivity (Wildman–Crippen MR) is 69.7 cm³/mol. The Kier molecular flexibility index (Phi) is 3.39. The van der Waals surface area contributed by atoms with Crippen molar-refractivity contribution in [3.8, 4) is 6.07 Å². The molecule has 0 unspecified atom stereocenters. The monoisotopic (exact) mass is 239 g/mol. The zero-order valence-corrected chi connectivity index (χ0v) is 10.0. The van der Waals surface area contributed by atoms with Crippen LogP contribution in [0.2, 0.25) is 0 Å². The molecule has 18 heavy (non-hydrogen) atoms. The average molecular weight is 239 g/mol. The number of hydrogen-bond donors (Lipinski definition) is 1. The second kappa shape index (κ2) is 5.15. The first-order valence-corrected chi connectivity index (χ1v) is 5.48. The molecule has 0 spiro atoms. The maximum Gasteiger partial charge on any atom is 0.151 e. The van der Waals surface area contributed by atoms with E-state index in [0.717, 1.165) is 11.4 Å². The average Bonchev–Trinajstić information content (AvgIpc) is 2.39. The maximum absolute atomic E-state index is 8.84. The Labute approximate surface area is 105 Å². The van der Waals surface area contributed by atoms with Gasteiger partial charge < -0.3 is 10.6 Å². The molecule has 2 N–H and O–H groups in total. The fraction of sp³-hybridized carbons (Fsp3) is 0.154. The molecule has 0 saturated heterocycles. The van der Waals surface area contributed by atoms with E-state index in [2.05, 4.69) is 16.3 Å². The van der Waals surface area contributed by atoms with E-state index in [-0.39, 0.29) is 0 Å². The van der Waals surface area contributed by atoms with Crippen LogP contribution in [0.5, 0.6) is 0 Å². The second-order valence-corrected chi connectivity index (χ2v) is 3.98. The van der Waals surface area contributed by atoms with Crippen LogP contribution in [0, 0.1) is 11.3 Å². The van der Waals surface area contributed by atoms with E-state index < -0.39 is 0 Å².